The number of piperazine rings is 1. The lowest BCUT2D eigenvalue weighted by Gasteiger charge is -2.34. The molecule has 2 aromatic heterocycles. The van der Waals surface area contributed by atoms with Crippen molar-refractivity contribution in [3.8, 4) is 0 Å². The number of benzene rings is 1. The highest BCUT2D eigenvalue weighted by atomic mass is 32.1. The average Bonchev–Trinajstić information content (AvgIpc) is 3.19. The largest absolute Gasteiger partial charge is 0.451 e. The van der Waals surface area contributed by atoms with E-state index in [0.717, 1.165) is 60.0 Å². The Balaban J connectivity index is 1.43. The summed E-state index contributed by atoms with van der Waals surface area (Å²) in [6.07, 6.45) is 0. The molecule has 1 saturated heterocycles. The molecular weight excluding hydrogens is 334 g/mol. The number of rotatable bonds is 3. The third kappa shape index (κ3) is 3.19. The fraction of sp³-hybridized carbons (Fsp3) is 0.368. The summed E-state index contributed by atoms with van der Waals surface area (Å²) in [5.74, 6) is 0.475. The summed E-state index contributed by atoms with van der Waals surface area (Å²) in [6, 6.07) is 7.81. The van der Waals surface area contributed by atoms with Crippen LogP contribution in [0.5, 0.6) is 0 Å². The molecule has 5 nitrogen and oxygen atoms in total. The van der Waals surface area contributed by atoms with Crippen molar-refractivity contribution in [3.05, 3.63) is 51.7 Å². The number of nitrogens with zero attached hydrogens (tertiary/aromatic N) is 3. The Morgan fingerprint density at radius 3 is 2.64 bits per heavy atom. The van der Waals surface area contributed by atoms with Crippen molar-refractivity contribution >= 4 is 28.2 Å². The van der Waals surface area contributed by atoms with Gasteiger partial charge in [0, 0.05) is 49.1 Å². The summed E-state index contributed by atoms with van der Waals surface area (Å²) in [6.45, 7) is 8.01. The van der Waals surface area contributed by atoms with E-state index < -0.39 is 0 Å². The number of aryl methyl sites for hydroxylation is 2. The minimum absolute atomic E-state index is 0.00199. The van der Waals surface area contributed by atoms with E-state index in [1.54, 1.807) is 11.3 Å². The standard InChI is InChI=1S/C19H21N3O2S/c1-13-16-5-3-4-6-17(16)24-18(13)19(23)22-9-7-21(8-10-22)11-15-12-25-14(2)20-15/h3-6,12H,7-11H2,1-2H3. The monoisotopic (exact) mass is 355 g/mol. The Morgan fingerprint density at radius 1 is 1.20 bits per heavy atom. The van der Waals surface area contributed by atoms with Gasteiger partial charge in [0.1, 0.15) is 5.58 Å². The number of fused-ring (bicyclic) bond motifs is 1. The predicted molar refractivity (Wildman–Crippen MR) is 99.0 cm³/mol. The van der Waals surface area contributed by atoms with Gasteiger partial charge in [-0.1, -0.05) is 18.2 Å². The molecule has 0 atom stereocenters. The van der Waals surface area contributed by atoms with Crippen LogP contribution in [-0.2, 0) is 6.54 Å². The Morgan fingerprint density at radius 2 is 1.96 bits per heavy atom. The number of para-hydroxylation sites is 1. The van der Waals surface area contributed by atoms with Gasteiger partial charge in [0.05, 0.1) is 10.7 Å². The molecule has 0 spiro atoms. The van der Waals surface area contributed by atoms with E-state index in [1.807, 2.05) is 43.0 Å². The maximum Gasteiger partial charge on any atom is 0.289 e. The summed E-state index contributed by atoms with van der Waals surface area (Å²) in [5.41, 5.74) is 2.83. The SMILES string of the molecule is Cc1nc(CN2CCN(C(=O)c3oc4ccccc4c3C)CC2)cs1. The van der Waals surface area contributed by atoms with E-state index in [-0.39, 0.29) is 5.91 Å². The van der Waals surface area contributed by atoms with E-state index in [2.05, 4.69) is 15.3 Å². The molecule has 0 N–H and O–H groups in total. The Kier molecular flexibility index (Phi) is 4.31. The minimum Gasteiger partial charge on any atom is -0.451 e. The molecule has 0 aliphatic carbocycles. The van der Waals surface area contributed by atoms with Crippen molar-refractivity contribution in [2.45, 2.75) is 20.4 Å². The third-order valence-electron chi connectivity index (χ3n) is 4.75. The molecule has 130 valence electrons. The first kappa shape index (κ1) is 16.3. The molecule has 3 heterocycles. The highest BCUT2D eigenvalue weighted by molar-refractivity contribution is 7.09. The first-order chi connectivity index (χ1) is 12.1. The van der Waals surface area contributed by atoms with Gasteiger partial charge in [-0.05, 0) is 19.9 Å². The van der Waals surface area contributed by atoms with E-state index >= 15 is 0 Å². The summed E-state index contributed by atoms with van der Waals surface area (Å²) in [7, 11) is 0. The van der Waals surface area contributed by atoms with Gasteiger partial charge in [0.25, 0.3) is 5.91 Å². The summed E-state index contributed by atoms with van der Waals surface area (Å²) in [4.78, 5) is 21.6. The maximum atomic E-state index is 12.9. The molecule has 3 aromatic rings. The molecular formula is C19H21N3O2S. The van der Waals surface area contributed by atoms with E-state index in [1.165, 1.54) is 0 Å². The lowest BCUT2D eigenvalue weighted by molar-refractivity contribution is 0.0598. The summed E-state index contributed by atoms with van der Waals surface area (Å²) >= 11 is 1.68. The van der Waals surface area contributed by atoms with Crippen molar-refractivity contribution in [1.82, 2.24) is 14.8 Å². The Bertz CT molecular complexity index is 906. The average molecular weight is 355 g/mol. The van der Waals surface area contributed by atoms with Gasteiger partial charge < -0.3 is 9.32 Å². The normalized spacial score (nSPS) is 15.8. The van der Waals surface area contributed by atoms with E-state index in [9.17, 15) is 4.79 Å². The smallest absolute Gasteiger partial charge is 0.289 e. The van der Waals surface area contributed by atoms with Gasteiger partial charge in [0.15, 0.2) is 5.76 Å². The molecule has 1 aromatic carbocycles. The topological polar surface area (TPSA) is 49.6 Å². The number of amides is 1. The first-order valence-electron chi connectivity index (χ1n) is 8.52. The van der Waals surface area contributed by atoms with Crippen LogP contribution in [0.25, 0.3) is 11.0 Å². The Hall–Kier alpha value is -2.18. The van der Waals surface area contributed by atoms with Crippen LogP contribution in [0.3, 0.4) is 0 Å². The molecule has 1 aliphatic heterocycles. The van der Waals surface area contributed by atoms with Crippen LogP contribution in [0.15, 0.2) is 34.1 Å². The van der Waals surface area contributed by atoms with Gasteiger partial charge in [-0.15, -0.1) is 11.3 Å². The minimum atomic E-state index is -0.00199. The van der Waals surface area contributed by atoms with E-state index in [0.29, 0.717) is 5.76 Å². The van der Waals surface area contributed by atoms with Crippen molar-refractivity contribution in [2.24, 2.45) is 0 Å². The van der Waals surface area contributed by atoms with Crippen LogP contribution in [-0.4, -0.2) is 46.9 Å². The number of carbonyl (C=O) groups is 1. The van der Waals surface area contributed by atoms with Crippen LogP contribution >= 0.6 is 11.3 Å². The maximum absolute atomic E-state index is 12.9. The molecule has 6 heteroatoms. The fourth-order valence-electron chi connectivity index (χ4n) is 3.34. The van der Waals surface area contributed by atoms with Gasteiger partial charge in [-0.3, -0.25) is 9.69 Å². The van der Waals surface area contributed by atoms with Crippen LogP contribution in [0, 0.1) is 13.8 Å². The molecule has 1 amide bonds. The van der Waals surface area contributed by atoms with Crippen molar-refractivity contribution < 1.29 is 9.21 Å². The summed E-state index contributed by atoms with van der Waals surface area (Å²) < 4.78 is 5.83. The van der Waals surface area contributed by atoms with Gasteiger partial charge in [0.2, 0.25) is 0 Å². The van der Waals surface area contributed by atoms with Crippen LogP contribution in [0.1, 0.15) is 26.8 Å². The van der Waals surface area contributed by atoms with Crippen molar-refractivity contribution in [3.63, 3.8) is 0 Å². The van der Waals surface area contributed by atoms with Crippen LogP contribution in [0.2, 0.25) is 0 Å². The molecule has 0 unspecified atom stereocenters. The molecule has 25 heavy (non-hydrogen) atoms. The zero-order valence-corrected chi connectivity index (χ0v) is 15.3. The lowest BCUT2D eigenvalue weighted by atomic mass is 10.1. The molecule has 0 radical (unpaired) electrons. The zero-order valence-electron chi connectivity index (χ0n) is 14.5. The molecule has 0 bridgehead atoms. The quantitative estimate of drug-likeness (QED) is 0.722. The number of hydrogen-bond acceptors (Lipinski definition) is 5. The molecule has 1 fully saturated rings. The second kappa shape index (κ2) is 6.61. The highest BCUT2D eigenvalue weighted by Gasteiger charge is 2.26. The molecule has 4 rings (SSSR count). The molecule has 1 aliphatic rings. The van der Waals surface area contributed by atoms with Crippen LogP contribution in [0.4, 0.5) is 0 Å². The highest BCUT2D eigenvalue weighted by Crippen LogP contribution is 2.26. The number of thiazole rings is 1. The number of furan rings is 1. The van der Waals surface area contributed by atoms with Crippen molar-refractivity contribution in [2.75, 3.05) is 26.2 Å². The van der Waals surface area contributed by atoms with Crippen LogP contribution < -0.4 is 0 Å². The molecule has 0 saturated carbocycles. The summed E-state index contributed by atoms with van der Waals surface area (Å²) in [5, 5.41) is 4.23. The number of carbonyl (C=O) groups excluding carboxylic acids is 1. The second-order valence-electron chi connectivity index (χ2n) is 6.48. The van der Waals surface area contributed by atoms with Gasteiger partial charge in [-0.25, -0.2) is 4.98 Å². The van der Waals surface area contributed by atoms with Gasteiger partial charge in [-0.2, -0.15) is 0 Å². The lowest BCUT2D eigenvalue weighted by Crippen LogP contribution is -2.48. The second-order valence-corrected chi connectivity index (χ2v) is 7.54. The predicted octanol–water partition coefficient (Wildman–Crippen LogP) is 3.46. The van der Waals surface area contributed by atoms with Crippen molar-refractivity contribution in [1.29, 1.82) is 0 Å². The van der Waals surface area contributed by atoms with Gasteiger partial charge >= 0.3 is 0 Å². The first-order valence-corrected chi connectivity index (χ1v) is 9.40. The Labute approximate surface area is 150 Å². The third-order valence-corrected chi connectivity index (χ3v) is 5.57. The number of hydrogen-bond donors (Lipinski definition) is 0. The fourth-order valence-corrected chi connectivity index (χ4v) is 3.94. The zero-order chi connectivity index (χ0) is 17.4. The number of aromatic nitrogens is 1. The van der Waals surface area contributed by atoms with E-state index in [4.69, 9.17) is 4.42 Å².